The Hall–Kier alpha value is 0.440. The summed E-state index contributed by atoms with van der Waals surface area (Å²) in [5, 5.41) is 3.31. The smallest absolute Gasteiger partial charge is 0.000300 e. The Balaban J connectivity index is 0.000000490. The lowest BCUT2D eigenvalue weighted by Crippen LogP contribution is -2.15. The summed E-state index contributed by atoms with van der Waals surface area (Å²) in [7, 11) is 0. The number of hydrogen-bond acceptors (Lipinski definition) is 1. The molecule has 1 aliphatic rings. The van der Waals surface area contributed by atoms with Crippen molar-refractivity contribution in [3.8, 4) is 0 Å². The first-order valence-electron chi connectivity index (χ1n) is 2.91. The summed E-state index contributed by atoms with van der Waals surface area (Å²) in [4.78, 5) is 0. The Kier molecular flexibility index (Phi) is 2.99. The van der Waals surface area contributed by atoms with Gasteiger partial charge in [0, 0.05) is 6.54 Å². The first-order chi connectivity index (χ1) is 3.21. The van der Waals surface area contributed by atoms with Crippen LogP contribution in [0.25, 0.3) is 0 Å². The average Bonchev–Trinajstić information content (AvgIpc) is 1.84. The van der Waals surface area contributed by atoms with Crippen LogP contribution < -0.4 is 5.32 Å². The highest BCUT2D eigenvalue weighted by Crippen LogP contribution is 2.21. The third kappa shape index (κ3) is 2.14. The molecular weight excluding hydrogens is 166 g/mol. The first-order valence-corrected chi connectivity index (χ1v) is 2.91. The van der Waals surface area contributed by atoms with Crippen LogP contribution >= 0.6 is 17.0 Å². The molecule has 0 aromatic rings. The van der Waals surface area contributed by atoms with Gasteiger partial charge in [0.15, 0.2) is 0 Å². The lowest BCUT2D eigenvalue weighted by molar-refractivity contribution is 0.413. The maximum absolute atomic E-state index is 3.31. The molecule has 1 rings (SSSR count). The van der Waals surface area contributed by atoms with Crippen LogP contribution in [0.2, 0.25) is 0 Å². The molecule has 0 bridgehead atoms. The molecule has 1 fully saturated rings. The summed E-state index contributed by atoms with van der Waals surface area (Å²) in [6, 6.07) is 0. The van der Waals surface area contributed by atoms with Crippen molar-refractivity contribution in [1.29, 1.82) is 0 Å². The Labute approximate surface area is 61.6 Å². The van der Waals surface area contributed by atoms with E-state index in [0.29, 0.717) is 5.41 Å². The van der Waals surface area contributed by atoms with Gasteiger partial charge in [0.05, 0.1) is 0 Å². The highest BCUT2D eigenvalue weighted by Gasteiger charge is 2.21. The van der Waals surface area contributed by atoms with E-state index in [0.717, 1.165) is 0 Å². The van der Waals surface area contributed by atoms with Crippen LogP contribution in [-0.2, 0) is 0 Å². The van der Waals surface area contributed by atoms with Crippen LogP contribution in [0.1, 0.15) is 20.3 Å². The van der Waals surface area contributed by atoms with Crippen molar-refractivity contribution in [3.05, 3.63) is 0 Å². The van der Waals surface area contributed by atoms with Gasteiger partial charge in [0.25, 0.3) is 0 Å². The second kappa shape index (κ2) is 2.83. The van der Waals surface area contributed by atoms with Crippen LogP contribution in [-0.4, -0.2) is 13.1 Å². The second-order valence-electron chi connectivity index (χ2n) is 3.09. The minimum absolute atomic E-state index is 0. The van der Waals surface area contributed by atoms with Gasteiger partial charge in [-0.2, -0.15) is 0 Å². The van der Waals surface area contributed by atoms with Crippen molar-refractivity contribution in [2.24, 2.45) is 5.41 Å². The molecule has 0 amide bonds. The zero-order chi connectivity index (χ0) is 5.33. The van der Waals surface area contributed by atoms with E-state index in [9.17, 15) is 0 Å². The maximum Gasteiger partial charge on any atom is 0.000300 e. The zero-order valence-corrected chi connectivity index (χ0v) is 7.24. The summed E-state index contributed by atoms with van der Waals surface area (Å²) in [5.74, 6) is 0. The van der Waals surface area contributed by atoms with E-state index in [1.807, 2.05) is 0 Å². The molecule has 0 saturated carbocycles. The van der Waals surface area contributed by atoms with Crippen LogP contribution in [0.4, 0.5) is 0 Å². The van der Waals surface area contributed by atoms with E-state index < -0.39 is 0 Å². The minimum Gasteiger partial charge on any atom is -0.316 e. The van der Waals surface area contributed by atoms with Crippen LogP contribution in [0.5, 0.6) is 0 Å². The molecule has 1 aliphatic heterocycles. The molecule has 0 aromatic heterocycles. The Morgan fingerprint density at radius 2 is 2.00 bits per heavy atom. The van der Waals surface area contributed by atoms with Crippen molar-refractivity contribution in [1.82, 2.24) is 5.32 Å². The molecule has 1 heterocycles. The largest absolute Gasteiger partial charge is 0.316 e. The van der Waals surface area contributed by atoms with Gasteiger partial charge in [0.2, 0.25) is 0 Å². The third-order valence-electron chi connectivity index (χ3n) is 1.58. The van der Waals surface area contributed by atoms with E-state index in [1.165, 1.54) is 19.5 Å². The summed E-state index contributed by atoms with van der Waals surface area (Å²) >= 11 is 0. The summed E-state index contributed by atoms with van der Waals surface area (Å²) < 4.78 is 0. The van der Waals surface area contributed by atoms with Gasteiger partial charge in [-0.15, -0.1) is 17.0 Å². The molecule has 8 heavy (non-hydrogen) atoms. The van der Waals surface area contributed by atoms with Gasteiger partial charge < -0.3 is 5.32 Å². The second-order valence-corrected chi connectivity index (χ2v) is 3.09. The predicted octanol–water partition coefficient (Wildman–Crippen LogP) is 1.58. The average molecular weight is 180 g/mol. The van der Waals surface area contributed by atoms with Gasteiger partial charge >= 0.3 is 0 Å². The number of halogens is 1. The van der Waals surface area contributed by atoms with Crippen LogP contribution in [0, 0.1) is 5.41 Å². The Morgan fingerprint density at radius 1 is 1.38 bits per heavy atom. The molecular formula is C6H14BrN. The third-order valence-corrected chi connectivity index (χ3v) is 1.58. The monoisotopic (exact) mass is 179 g/mol. The van der Waals surface area contributed by atoms with Crippen LogP contribution in [0.3, 0.4) is 0 Å². The number of hydrogen-bond donors (Lipinski definition) is 1. The summed E-state index contributed by atoms with van der Waals surface area (Å²) in [6.45, 7) is 7.01. The number of nitrogens with one attached hydrogen (secondary N) is 1. The molecule has 1 nitrogen and oxygen atoms in total. The minimum atomic E-state index is 0. The van der Waals surface area contributed by atoms with Crippen molar-refractivity contribution < 1.29 is 0 Å². The molecule has 0 aliphatic carbocycles. The fourth-order valence-electron chi connectivity index (χ4n) is 0.942. The van der Waals surface area contributed by atoms with E-state index in [4.69, 9.17) is 0 Å². The molecule has 1 N–H and O–H groups in total. The first kappa shape index (κ1) is 8.44. The van der Waals surface area contributed by atoms with Crippen molar-refractivity contribution in [2.45, 2.75) is 20.3 Å². The zero-order valence-electron chi connectivity index (χ0n) is 5.53. The van der Waals surface area contributed by atoms with Gasteiger partial charge in [0.1, 0.15) is 0 Å². The molecule has 0 aromatic carbocycles. The lowest BCUT2D eigenvalue weighted by Gasteiger charge is -2.12. The summed E-state index contributed by atoms with van der Waals surface area (Å²) in [6.07, 6.45) is 1.34. The molecule has 50 valence electrons. The van der Waals surface area contributed by atoms with Crippen molar-refractivity contribution >= 4 is 17.0 Å². The Morgan fingerprint density at radius 3 is 2.12 bits per heavy atom. The van der Waals surface area contributed by atoms with Gasteiger partial charge in [-0.25, -0.2) is 0 Å². The van der Waals surface area contributed by atoms with E-state index >= 15 is 0 Å². The van der Waals surface area contributed by atoms with Crippen molar-refractivity contribution in [3.63, 3.8) is 0 Å². The van der Waals surface area contributed by atoms with Crippen LogP contribution in [0.15, 0.2) is 0 Å². The molecule has 0 radical (unpaired) electrons. The normalized spacial score (nSPS) is 24.8. The summed E-state index contributed by atoms with van der Waals surface area (Å²) in [5.41, 5.74) is 0.583. The Bertz CT molecular complexity index is 62.9. The SMILES string of the molecule is Br.CC1(C)CCNC1. The topological polar surface area (TPSA) is 12.0 Å². The van der Waals surface area contributed by atoms with Gasteiger partial charge in [-0.1, -0.05) is 13.8 Å². The fraction of sp³-hybridized carbons (Fsp3) is 1.00. The molecule has 0 atom stereocenters. The lowest BCUT2D eigenvalue weighted by atomic mass is 9.93. The highest BCUT2D eigenvalue weighted by atomic mass is 79.9. The van der Waals surface area contributed by atoms with E-state index in [1.54, 1.807) is 0 Å². The van der Waals surface area contributed by atoms with E-state index in [-0.39, 0.29) is 17.0 Å². The molecule has 0 unspecified atom stereocenters. The standard InChI is InChI=1S/C6H13N.BrH/c1-6(2)3-4-7-5-6;/h7H,3-5H2,1-2H3;1H. The maximum atomic E-state index is 3.31. The highest BCUT2D eigenvalue weighted by molar-refractivity contribution is 8.93. The molecule has 2 heteroatoms. The predicted molar refractivity (Wildman–Crippen MR) is 41.6 cm³/mol. The molecule has 1 saturated heterocycles. The fourth-order valence-corrected chi connectivity index (χ4v) is 0.942. The number of rotatable bonds is 0. The quantitative estimate of drug-likeness (QED) is 0.596. The molecule has 0 spiro atoms. The van der Waals surface area contributed by atoms with E-state index in [2.05, 4.69) is 19.2 Å². The van der Waals surface area contributed by atoms with Gasteiger partial charge in [-0.3, -0.25) is 0 Å². The van der Waals surface area contributed by atoms with Gasteiger partial charge in [-0.05, 0) is 18.4 Å². The van der Waals surface area contributed by atoms with Crippen molar-refractivity contribution in [2.75, 3.05) is 13.1 Å².